The minimum Gasteiger partial charge on any atom is -0.328 e. The Labute approximate surface area is 192 Å². The number of anilines is 1. The minimum atomic E-state index is 0.0336. The zero-order valence-electron chi connectivity index (χ0n) is 19.0. The Morgan fingerprint density at radius 3 is 2.31 bits per heavy atom. The molecular formula is C27H37N3O2. The van der Waals surface area contributed by atoms with Gasteiger partial charge in [-0.15, -0.1) is 0 Å². The number of rotatable bonds is 6. The smallest absolute Gasteiger partial charge is 0.228 e. The molecule has 0 bridgehead atoms. The molecule has 2 aliphatic rings. The summed E-state index contributed by atoms with van der Waals surface area (Å²) in [6, 6.07) is 18.4. The van der Waals surface area contributed by atoms with Gasteiger partial charge >= 0.3 is 0 Å². The highest BCUT2D eigenvalue weighted by Crippen LogP contribution is 2.20. The van der Waals surface area contributed by atoms with Gasteiger partial charge in [-0.25, -0.2) is 0 Å². The van der Waals surface area contributed by atoms with E-state index < -0.39 is 0 Å². The maximum atomic E-state index is 12.2. The zero-order valence-corrected chi connectivity index (χ0v) is 19.0. The molecule has 5 nitrogen and oxygen atoms in total. The number of piperidine rings is 1. The van der Waals surface area contributed by atoms with Gasteiger partial charge in [0.05, 0.1) is 6.42 Å². The van der Waals surface area contributed by atoms with Crippen LogP contribution in [0.1, 0.15) is 56.1 Å². The molecule has 0 aromatic heterocycles. The van der Waals surface area contributed by atoms with Crippen LogP contribution in [-0.2, 0) is 22.6 Å². The van der Waals surface area contributed by atoms with Crippen molar-refractivity contribution in [2.24, 2.45) is 11.7 Å². The lowest BCUT2D eigenvalue weighted by atomic mass is 9.88. The average molecular weight is 436 g/mol. The van der Waals surface area contributed by atoms with E-state index in [4.69, 9.17) is 5.73 Å². The molecule has 32 heavy (non-hydrogen) atoms. The fourth-order valence-electron chi connectivity index (χ4n) is 4.39. The Kier molecular flexibility index (Phi) is 9.92. The van der Waals surface area contributed by atoms with Crippen molar-refractivity contribution in [2.75, 3.05) is 18.4 Å². The zero-order chi connectivity index (χ0) is 22.6. The molecule has 4 rings (SSSR count). The Bertz CT molecular complexity index is 826. The monoisotopic (exact) mass is 435 g/mol. The second-order valence-corrected chi connectivity index (χ2v) is 9.06. The number of carbonyl (C=O) groups excluding carboxylic acids is 2. The van der Waals surface area contributed by atoms with Crippen molar-refractivity contribution in [3.63, 3.8) is 0 Å². The van der Waals surface area contributed by atoms with Gasteiger partial charge < -0.3 is 15.8 Å². The Balaban J connectivity index is 0.000000269. The van der Waals surface area contributed by atoms with Gasteiger partial charge in [-0.3, -0.25) is 9.69 Å². The third-order valence-corrected chi connectivity index (χ3v) is 6.28. The van der Waals surface area contributed by atoms with Gasteiger partial charge in [-0.05, 0) is 74.9 Å². The number of carbonyl (C=O) groups is 2. The number of nitrogens with two attached hydrogens (primary N) is 1. The molecule has 1 aliphatic carbocycles. The van der Waals surface area contributed by atoms with Crippen LogP contribution >= 0.6 is 0 Å². The highest BCUT2D eigenvalue weighted by Gasteiger charge is 2.17. The first kappa shape index (κ1) is 24.1. The van der Waals surface area contributed by atoms with E-state index in [2.05, 4.69) is 22.3 Å². The van der Waals surface area contributed by atoms with Gasteiger partial charge in [0.1, 0.15) is 6.29 Å². The summed E-state index contributed by atoms with van der Waals surface area (Å²) in [5, 5.41) is 3.01. The highest BCUT2D eigenvalue weighted by atomic mass is 16.1. The first-order valence-electron chi connectivity index (χ1n) is 12.0. The summed E-state index contributed by atoms with van der Waals surface area (Å²) in [5.74, 6) is 0.344. The van der Waals surface area contributed by atoms with Crippen LogP contribution in [0.15, 0.2) is 54.6 Å². The predicted octanol–water partition coefficient (Wildman–Crippen LogP) is 4.56. The number of hydrogen-bond acceptors (Lipinski definition) is 4. The summed E-state index contributed by atoms with van der Waals surface area (Å²) < 4.78 is 0. The van der Waals surface area contributed by atoms with Crippen molar-refractivity contribution >= 4 is 17.9 Å². The maximum Gasteiger partial charge on any atom is 0.228 e. The van der Waals surface area contributed by atoms with E-state index in [0.717, 1.165) is 49.8 Å². The molecule has 2 aromatic rings. The third kappa shape index (κ3) is 8.56. The Hall–Kier alpha value is -2.50. The molecule has 2 fully saturated rings. The van der Waals surface area contributed by atoms with Crippen LogP contribution in [0.3, 0.4) is 0 Å². The van der Waals surface area contributed by atoms with Gasteiger partial charge in [0.2, 0.25) is 5.91 Å². The highest BCUT2D eigenvalue weighted by molar-refractivity contribution is 5.92. The largest absolute Gasteiger partial charge is 0.328 e. The summed E-state index contributed by atoms with van der Waals surface area (Å²) in [4.78, 5) is 24.9. The van der Waals surface area contributed by atoms with Crippen molar-refractivity contribution in [3.8, 4) is 0 Å². The standard InChI is InChI=1S/C20H24N2O.C7H13NO/c23-20(15-17-8-3-1-4-9-17)21-19-11-7-10-18(14-19)16-22-12-5-2-6-13-22;8-7-3-1-6(5-9)2-4-7/h1,3-4,7-11,14H,2,5-6,12-13,15-16H2,(H,21,23);5-7H,1-4,8H2. The normalized spacial score (nSPS) is 21.2. The van der Waals surface area contributed by atoms with E-state index in [1.807, 2.05) is 42.5 Å². The quantitative estimate of drug-likeness (QED) is 0.653. The van der Waals surface area contributed by atoms with Crippen molar-refractivity contribution in [1.29, 1.82) is 0 Å². The van der Waals surface area contributed by atoms with Gasteiger partial charge in [0, 0.05) is 24.2 Å². The van der Waals surface area contributed by atoms with Crippen molar-refractivity contribution in [2.45, 2.75) is 64.0 Å². The lowest BCUT2D eigenvalue weighted by molar-refractivity contribution is -0.115. The van der Waals surface area contributed by atoms with E-state index in [0.29, 0.717) is 18.4 Å². The van der Waals surface area contributed by atoms with E-state index in [-0.39, 0.29) is 5.91 Å². The number of benzene rings is 2. The number of nitrogens with one attached hydrogen (secondary N) is 1. The van der Waals surface area contributed by atoms with Crippen LogP contribution < -0.4 is 11.1 Å². The van der Waals surface area contributed by atoms with Crippen LogP contribution in [0.25, 0.3) is 0 Å². The summed E-state index contributed by atoms with van der Waals surface area (Å²) in [6.07, 6.45) is 9.50. The van der Waals surface area contributed by atoms with Gasteiger partial charge in [-0.2, -0.15) is 0 Å². The number of nitrogens with zero attached hydrogens (tertiary/aromatic N) is 1. The lowest BCUT2D eigenvalue weighted by Crippen LogP contribution is -2.29. The Morgan fingerprint density at radius 1 is 0.938 bits per heavy atom. The van der Waals surface area contributed by atoms with E-state index in [9.17, 15) is 9.59 Å². The first-order valence-corrected chi connectivity index (χ1v) is 12.0. The van der Waals surface area contributed by atoms with Crippen LogP contribution in [0.5, 0.6) is 0 Å². The third-order valence-electron chi connectivity index (χ3n) is 6.28. The molecule has 1 amide bonds. The molecule has 3 N–H and O–H groups in total. The van der Waals surface area contributed by atoms with Crippen LogP contribution in [0.2, 0.25) is 0 Å². The number of aldehydes is 1. The molecular weight excluding hydrogens is 398 g/mol. The summed E-state index contributed by atoms with van der Waals surface area (Å²) in [7, 11) is 0. The van der Waals surface area contributed by atoms with Gasteiger partial charge in [0.15, 0.2) is 0 Å². The molecule has 1 saturated carbocycles. The maximum absolute atomic E-state index is 12.2. The predicted molar refractivity (Wildman–Crippen MR) is 130 cm³/mol. The fourth-order valence-corrected chi connectivity index (χ4v) is 4.39. The fraction of sp³-hybridized carbons (Fsp3) is 0.481. The molecule has 2 aromatic carbocycles. The van der Waals surface area contributed by atoms with Crippen molar-refractivity contribution in [1.82, 2.24) is 4.90 Å². The summed E-state index contributed by atoms with van der Waals surface area (Å²) >= 11 is 0. The topological polar surface area (TPSA) is 75.4 Å². The van der Waals surface area contributed by atoms with Crippen LogP contribution in [-0.4, -0.2) is 36.2 Å². The molecule has 5 heteroatoms. The van der Waals surface area contributed by atoms with Gasteiger partial charge in [-0.1, -0.05) is 48.9 Å². The van der Waals surface area contributed by atoms with E-state index in [1.165, 1.54) is 37.9 Å². The molecule has 1 saturated heterocycles. The van der Waals surface area contributed by atoms with Crippen LogP contribution in [0, 0.1) is 5.92 Å². The van der Waals surface area contributed by atoms with E-state index >= 15 is 0 Å². The van der Waals surface area contributed by atoms with Crippen molar-refractivity contribution < 1.29 is 9.59 Å². The summed E-state index contributed by atoms with van der Waals surface area (Å²) in [5.41, 5.74) is 8.83. The first-order chi connectivity index (χ1) is 15.6. The number of hydrogen-bond donors (Lipinski definition) is 2. The molecule has 0 unspecified atom stereocenters. The second-order valence-electron chi connectivity index (χ2n) is 9.06. The average Bonchev–Trinajstić information content (AvgIpc) is 2.81. The lowest BCUT2D eigenvalue weighted by Gasteiger charge is -2.26. The van der Waals surface area contributed by atoms with Crippen LogP contribution in [0.4, 0.5) is 5.69 Å². The molecule has 1 heterocycles. The molecule has 0 spiro atoms. The van der Waals surface area contributed by atoms with Gasteiger partial charge in [0.25, 0.3) is 0 Å². The minimum absolute atomic E-state index is 0.0336. The summed E-state index contributed by atoms with van der Waals surface area (Å²) in [6.45, 7) is 3.34. The number of likely N-dealkylation sites (tertiary alicyclic amines) is 1. The SMILES string of the molecule is NC1CCC(C=O)CC1.O=C(Cc1ccccc1)Nc1cccc(CN2CCCCC2)c1. The van der Waals surface area contributed by atoms with E-state index in [1.54, 1.807) is 0 Å². The molecule has 1 aliphatic heterocycles. The second kappa shape index (κ2) is 13.1. The molecule has 172 valence electrons. The molecule has 0 radical (unpaired) electrons. The number of amides is 1. The van der Waals surface area contributed by atoms with Crippen molar-refractivity contribution in [3.05, 3.63) is 65.7 Å². The Morgan fingerprint density at radius 2 is 1.62 bits per heavy atom. The molecule has 0 atom stereocenters.